The summed E-state index contributed by atoms with van der Waals surface area (Å²) in [4.78, 5) is 19.9. The summed E-state index contributed by atoms with van der Waals surface area (Å²) in [5.41, 5.74) is 1.49. The van der Waals surface area contributed by atoms with Gasteiger partial charge < -0.3 is 14.8 Å². The second-order valence-corrected chi connectivity index (χ2v) is 9.86. The number of amides is 1. The highest BCUT2D eigenvalue weighted by atomic mass is 32.2. The van der Waals surface area contributed by atoms with Crippen molar-refractivity contribution in [2.75, 3.05) is 38.2 Å². The van der Waals surface area contributed by atoms with Crippen molar-refractivity contribution in [1.82, 2.24) is 29.7 Å². The molecule has 0 bridgehead atoms. The number of anilines is 1. The van der Waals surface area contributed by atoms with Crippen molar-refractivity contribution in [2.45, 2.75) is 36.4 Å². The van der Waals surface area contributed by atoms with Crippen molar-refractivity contribution in [2.24, 2.45) is 0 Å². The maximum atomic E-state index is 12.3. The van der Waals surface area contributed by atoms with Crippen molar-refractivity contribution in [3.63, 3.8) is 0 Å². The number of nitrogens with zero attached hydrogens (tertiary/aromatic N) is 6. The summed E-state index contributed by atoms with van der Waals surface area (Å²) in [5, 5.41) is 17.2. The van der Waals surface area contributed by atoms with Crippen molar-refractivity contribution in [3.8, 4) is 5.88 Å². The molecule has 12 heteroatoms. The van der Waals surface area contributed by atoms with Crippen molar-refractivity contribution in [3.05, 3.63) is 30.3 Å². The molecule has 5 rings (SSSR count). The first kappa shape index (κ1) is 23.0. The van der Waals surface area contributed by atoms with Gasteiger partial charge in [0.2, 0.25) is 16.9 Å². The molecule has 1 aliphatic heterocycles. The Hall–Kier alpha value is -2.80. The van der Waals surface area contributed by atoms with Crippen molar-refractivity contribution >= 4 is 50.0 Å². The lowest BCUT2D eigenvalue weighted by molar-refractivity contribution is -0.117. The quantitative estimate of drug-likeness (QED) is 0.371. The zero-order chi connectivity index (χ0) is 23.5. The van der Waals surface area contributed by atoms with Gasteiger partial charge in [0, 0.05) is 17.4 Å². The van der Waals surface area contributed by atoms with Gasteiger partial charge >= 0.3 is 0 Å². The summed E-state index contributed by atoms with van der Waals surface area (Å²) >= 11 is 2.91. The maximum Gasteiger partial charge on any atom is 0.240 e. The molecule has 178 valence electrons. The second-order valence-electron chi connectivity index (χ2n) is 7.79. The van der Waals surface area contributed by atoms with Crippen LogP contribution in [0.15, 0.2) is 40.4 Å². The van der Waals surface area contributed by atoms with E-state index in [-0.39, 0.29) is 12.0 Å². The first-order valence-electron chi connectivity index (χ1n) is 11.2. The van der Waals surface area contributed by atoms with Gasteiger partial charge in [0.15, 0.2) is 10.8 Å². The van der Waals surface area contributed by atoms with Gasteiger partial charge in [0.05, 0.1) is 30.0 Å². The monoisotopic (exact) mass is 499 g/mol. The summed E-state index contributed by atoms with van der Waals surface area (Å²) in [6.07, 6.45) is 0.879. The lowest BCUT2D eigenvalue weighted by Gasteiger charge is -2.16. The van der Waals surface area contributed by atoms with Crippen molar-refractivity contribution < 1.29 is 14.3 Å². The molecular formula is C22H25N7O3S2. The molecule has 0 radical (unpaired) electrons. The molecule has 0 saturated carbocycles. The lowest BCUT2D eigenvalue weighted by atomic mass is 10.3. The summed E-state index contributed by atoms with van der Waals surface area (Å²) in [6, 6.07) is 9.60. The van der Waals surface area contributed by atoms with E-state index in [0.29, 0.717) is 41.6 Å². The molecule has 4 aromatic rings. The average Bonchev–Trinajstić information content (AvgIpc) is 3.58. The van der Waals surface area contributed by atoms with E-state index < -0.39 is 0 Å². The number of rotatable bonds is 9. The van der Waals surface area contributed by atoms with E-state index in [4.69, 9.17) is 9.47 Å². The van der Waals surface area contributed by atoms with E-state index in [1.54, 1.807) is 10.6 Å². The van der Waals surface area contributed by atoms with Gasteiger partial charge in [0.25, 0.3) is 0 Å². The minimum Gasteiger partial charge on any atom is -0.471 e. The normalized spacial score (nSPS) is 16.0. The standard InChI is InChI=1S/C22H25N7O3S2/c1-3-28(4-2)12-19(30)24-21-23-16-6-5-15(11-17(16)34-21)33-22-26-25-18-7-8-20(27-29(18)22)32-14-9-10-31-13-14/h5-8,11,14H,3-4,9-10,12-13H2,1-2H3,(H,23,24,30). The van der Waals surface area contributed by atoms with Gasteiger partial charge in [0.1, 0.15) is 6.10 Å². The fraction of sp³-hybridized carbons (Fsp3) is 0.409. The first-order valence-corrected chi connectivity index (χ1v) is 12.8. The Bertz CT molecular complexity index is 1300. The number of nitrogens with one attached hydrogen (secondary N) is 1. The number of thiazole rings is 1. The summed E-state index contributed by atoms with van der Waals surface area (Å²) in [7, 11) is 0. The van der Waals surface area contributed by atoms with Gasteiger partial charge in [-0.25, -0.2) is 4.98 Å². The van der Waals surface area contributed by atoms with E-state index in [2.05, 4.69) is 30.5 Å². The molecule has 0 spiro atoms. The van der Waals surface area contributed by atoms with E-state index in [1.807, 2.05) is 38.1 Å². The molecule has 1 N–H and O–H groups in total. The summed E-state index contributed by atoms with van der Waals surface area (Å²) < 4.78 is 14.0. The smallest absolute Gasteiger partial charge is 0.240 e. The molecule has 0 aliphatic carbocycles. The van der Waals surface area contributed by atoms with Crippen LogP contribution in [0.3, 0.4) is 0 Å². The van der Waals surface area contributed by atoms with Crippen LogP contribution < -0.4 is 10.1 Å². The second kappa shape index (κ2) is 10.2. The Balaban J connectivity index is 1.31. The third kappa shape index (κ3) is 5.14. The number of ether oxygens (including phenoxy) is 2. The number of hydrogen-bond acceptors (Lipinski definition) is 10. The Morgan fingerprint density at radius 3 is 2.97 bits per heavy atom. The number of aromatic nitrogens is 5. The van der Waals surface area contributed by atoms with Crippen LogP contribution in [0.1, 0.15) is 20.3 Å². The number of carbonyl (C=O) groups is 1. The number of fused-ring (bicyclic) bond motifs is 2. The molecule has 34 heavy (non-hydrogen) atoms. The lowest BCUT2D eigenvalue weighted by Crippen LogP contribution is -2.32. The Kier molecular flexibility index (Phi) is 6.90. The van der Waals surface area contributed by atoms with Gasteiger partial charge in [-0.1, -0.05) is 25.2 Å². The van der Waals surface area contributed by atoms with Crippen LogP contribution in [0.25, 0.3) is 15.9 Å². The van der Waals surface area contributed by atoms with E-state index in [9.17, 15) is 4.79 Å². The van der Waals surface area contributed by atoms with Crippen LogP contribution in [0, 0.1) is 0 Å². The third-order valence-corrected chi connectivity index (χ3v) is 7.32. The number of benzene rings is 1. The number of carbonyl (C=O) groups excluding carboxylic acids is 1. The van der Waals surface area contributed by atoms with Crippen LogP contribution in [0.2, 0.25) is 0 Å². The SMILES string of the molecule is CCN(CC)CC(=O)Nc1nc2ccc(Sc3nnc4ccc(OC5CCOC5)nn34)cc2s1. The molecule has 1 aromatic carbocycles. The highest BCUT2D eigenvalue weighted by Crippen LogP contribution is 2.33. The summed E-state index contributed by atoms with van der Waals surface area (Å²) in [6.45, 7) is 7.40. The highest BCUT2D eigenvalue weighted by Gasteiger charge is 2.19. The third-order valence-electron chi connectivity index (χ3n) is 5.46. The van der Waals surface area contributed by atoms with Crippen LogP contribution >= 0.6 is 23.1 Å². The predicted molar refractivity (Wildman–Crippen MR) is 131 cm³/mol. The number of hydrogen-bond donors (Lipinski definition) is 1. The molecule has 1 amide bonds. The zero-order valence-corrected chi connectivity index (χ0v) is 20.6. The molecule has 3 aromatic heterocycles. The van der Waals surface area contributed by atoms with Crippen LogP contribution in [-0.4, -0.2) is 74.6 Å². The molecule has 4 heterocycles. The average molecular weight is 500 g/mol. The molecule has 1 aliphatic rings. The van der Waals surface area contributed by atoms with Gasteiger partial charge in [-0.15, -0.1) is 15.3 Å². The number of likely N-dealkylation sites (N-methyl/N-ethyl adjacent to an activating group) is 1. The fourth-order valence-corrected chi connectivity index (χ4v) is 5.41. The van der Waals surface area contributed by atoms with Crippen molar-refractivity contribution in [1.29, 1.82) is 0 Å². The topological polar surface area (TPSA) is 107 Å². The molecule has 1 unspecified atom stereocenters. The molecule has 10 nitrogen and oxygen atoms in total. The van der Waals surface area contributed by atoms with Crippen LogP contribution in [0.5, 0.6) is 5.88 Å². The Morgan fingerprint density at radius 1 is 1.29 bits per heavy atom. The van der Waals surface area contributed by atoms with Crippen LogP contribution in [-0.2, 0) is 9.53 Å². The molecule has 1 saturated heterocycles. The minimum atomic E-state index is -0.0550. The predicted octanol–water partition coefficient (Wildman–Crippen LogP) is 3.33. The maximum absolute atomic E-state index is 12.3. The van der Waals surface area contributed by atoms with E-state index >= 15 is 0 Å². The fourth-order valence-electron chi connectivity index (χ4n) is 3.59. The summed E-state index contributed by atoms with van der Waals surface area (Å²) in [5.74, 6) is 0.466. The van der Waals surface area contributed by atoms with Gasteiger partial charge in [-0.2, -0.15) is 4.52 Å². The molecular weight excluding hydrogens is 474 g/mol. The van der Waals surface area contributed by atoms with Gasteiger partial charge in [-0.3, -0.25) is 9.69 Å². The molecule has 1 fully saturated rings. The van der Waals surface area contributed by atoms with Gasteiger partial charge in [-0.05, 0) is 49.1 Å². The van der Waals surface area contributed by atoms with E-state index in [1.165, 1.54) is 23.1 Å². The zero-order valence-electron chi connectivity index (χ0n) is 18.9. The highest BCUT2D eigenvalue weighted by molar-refractivity contribution is 7.99. The Morgan fingerprint density at radius 2 is 2.18 bits per heavy atom. The molecule has 1 atom stereocenters. The first-order chi connectivity index (χ1) is 16.6. The van der Waals surface area contributed by atoms with Crippen LogP contribution in [0.4, 0.5) is 5.13 Å². The minimum absolute atomic E-state index is 0.0213. The largest absolute Gasteiger partial charge is 0.471 e. The van der Waals surface area contributed by atoms with E-state index in [0.717, 1.165) is 34.6 Å². The Labute approximate surface area is 204 Å².